The fraction of sp³-hybridized carbons (Fsp3) is 0.208. The number of fused-ring (bicyclic) bond motifs is 2. The first kappa shape index (κ1) is 49.8. The minimum absolute atomic E-state index is 0.258. The van der Waals surface area contributed by atoms with Gasteiger partial charge in [0.1, 0.15) is 22.3 Å². The average Bonchev–Trinajstić information content (AvgIpc) is 4.03. The molecule has 4 aromatic carbocycles. The second-order valence-electron chi connectivity index (χ2n) is 17.1. The van der Waals surface area contributed by atoms with E-state index < -0.39 is 0 Å². The van der Waals surface area contributed by atoms with Crippen molar-refractivity contribution >= 4 is 96.9 Å². The Morgan fingerprint density at radius 2 is 1.21 bits per heavy atom. The SMILES string of the molecule is C=CC(=O)Nc1cc(Nc2ncc(Cl)c(-n3ccc4c(N(C)CCN(C)c5cc(OC)c(Nc6nccc(-n7ccc8ccccc87)n6)cc5NC(=O)C=C)cccc43)n2)c(OC)cc1N(C)CCN(C)C. The molecule has 0 aliphatic carbocycles. The number of nitrogens with one attached hydrogen (secondary N) is 4. The van der Waals surface area contributed by atoms with Gasteiger partial charge in [0, 0.05) is 89.1 Å². The molecule has 0 radical (unpaired) electrons. The topological polar surface area (TPSA) is 175 Å². The highest BCUT2D eigenvalue weighted by Gasteiger charge is 2.21. The third kappa shape index (κ3) is 10.9. The highest BCUT2D eigenvalue weighted by atomic mass is 35.5. The number of amides is 2. The van der Waals surface area contributed by atoms with Crippen LogP contribution in [0.5, 0.6) is 11.5 Å². The van der Waals surface area contributed by atoms with Crippen molar-refractivity contribution in [3.63, 3.8) is 0 Å². The van der Waals surface area contributed by atoms with Crippen molar-refractivity contribution < 1.29 is 19.1 Å². The minimum atomic E-state index is -0.366. The van der Waals surface area contributed by atoms with Gasteiger partial charge in [0.15, 0.2) is 5.82 Å². The Hall–Kier alpha value is -8.61. The van der Waals surface area contributed by atoms with Crippen LogP contribution < -0.4 is 45.4 Å². The summed E-state index contributed by atoms with van der Waals surface area (Å²) in [6.07, 6.45) is 9.59. The van der Waals surface area contributed by atoms with Crippen LogP contribution in [-0.2, 0) is 9.59 Å². The van der Waals surface area contributed by atoms with E-state index in [0.29, 0.717) is 76.5 Å². The van der Waals surface area contributed by atoms with Gasteiger partial charge in [0.25, 0.3) is 0 Å². The number of carbonyl (C=O) groups excluding carboxylic acids is 2. The monoisotopic (exact) mass is 988 g/mol. The molecular weight excluding hydrogens is 932 g/mol. The largest absolute Gasteiger partial charge is 0.494 e. The smallest absolute Gasteiger partial charge is 0.247 e. The molecule has 0 aliphatic rings. The van der Waals surface area contributed by atoms with E-state index in [-0.39, 0.29) is 17.8 Å². The molecule has 0 bridgehead atoms. The molecule has 4 N–H and O–H groups in total. The van der Waals surface area contributed by atoms with Crippen LogP contribution in [-0.4, -0.2) is 121 Å². The van der Waals surface area contributed by atoms with Crippen LogP contribution in [0.15, 0.2) is 135 Å². The standard InChI is InChI=1S/C53H57ClN14O4/c1-10-49(69)57-37-30-40(47(72-9)31-44(37)65(6)26-25-63(3)4)60-53-56-33-36(54)51(62-53)68-24-21-35-42(17-14-18-43(35)68)64(5)27-28-66(7)45-32-46(71-8)39(29-38(45)58-50(70)11-2)59-52-55-22-19-48(61-52)67-23-20-34-15-12-13-16-41(34)67/h10-24,29-33H,1-2,25-28H2,3-9H3,(H,57,69)(H,58,70)(H,55,59,61)(H,56,60,62). The number of aromatic nitrogens is 6. The maximum atomic E-state index is 12.8. The Morgan fingerprint density at radius 3 is 1.82 bits per heavy atom. The Labute approximate surface area is 423 Å². The second-order valence-corrected chi connectivity index (χ2v) is 17.5. The first-order valence-electron chi connectivity index (χ1n) is 22.9. The van der Waals surface area contributed by atoms with Crippen LogP contribution in [0.2, 0.25) is 5.02 Å². The molecule has 72 heavy (non-hydrogen) atoms. The summed E-state index contributed by atoms with van der Waals surface area (Å²) in [4.78, 5) is 52.4. The van der Waals surface area contributed by atoms with Gasteiger partial charge in [-0.05, 0) is 80.2 Å². The molecule has 0 aliphatic heterocycles. The molecule has 0 unspecified atom stereocenters. The van der Waals surface area contributed by atoms with E-state index in [1.54, 1.807) is 38.7 Å². The maximum absolute atomic E-state index is 12.8. The van der Waals surface area contributed by atoms with Gasteiger partial charge in [-0.1, -0.05) is 49.0 Å². The number of anilines is 9. The van der Waals surface area contributed by atoms with E-state index in [1.807, 2.05) is 122 Å². The molecular formula is C53H57ClN14O4. The number of likely N-dealkylation sites (N-methyl/N-ethyl adjacent to an activating group) is 4. The molecule has 0 spiro atoms. The zero-order valence-electron chi connectivity index (χ0n) is 41.3. The number of hydrogen-bond donors (Lipinski definition) is 4. The molecule has 18 nitrogen and oxygen atoms in total. The molecule has 8 aromatic rings. The quantitative estimate of drug-likeness (QED) is 0.0502. The normalized spacial score (nSPS) is 11.1. The summed E-state index contributed by atoms with van der Waals surface area (Å²) in [5.74, 6) is 2.07. The van der Waals surface area contributed by atoms with Gasteiger partial charge in [-0.25, -0.2) is 9.97 Å². The van der Waals surface area contributed by atoms with Crippen LogP contribution in [0.3, 0.4) is 0 Å². The number of nitrogens with zero attached hydrogens (tertiary/aromatic N) is 10. The molecule has 0 saturated heterocycles. The predicted molar refractivity (Wildman–Crippen MR) is 291 cm³/mol. The Bertz CT molecular complexity index is 3300. The Kier molecular flexibility index (Phi) is 15.2. The lowest BCUT2D eigenvalue weighted by molar-refractivity contribution is -0.112. The maximum Gasteiger partial charge on any atom is 0.247 e. The lowest BCUT2D eigenvalue weighted by Crippen LogP contribution is -2.31. The number of hydrogen-bond acceptors (Lipinski definition) is 14. The fourth-order valence-corrected chi connectivity index (χ4v) is 8.39. The third-order valence-electron chi connectivity index (χ3n) is 12.1. The molecule has 0 atom stereocenters. The van der Waals surface area contributed by atoms with Crippen molar-refractivity contribution in [2.24, 2.45) is 0 Å². The van der Waals surface area contributed by atoms with Crippen LogP contribution in [0.25, 0.3) is 33.4 Å². The van der Waals surface area contributed by atoms with Crippen LogP contribution in [0.1, 0.15) is 0 Å². The summed E-state index contributed by atoms with van der Waals surface area (Å²) in [5.41, 5.74) is 6.53. The first-order chi connectivity index (χ1) is 34.8. The summed E-state index contributed by atoms with van der Waals surface area (Å²) >= 11 is 6.84. The number of carbonyl (C=O) groups is 2. The summed E-state index contributed by atoms with van der Waals surface area (Å²) in [6, 6.07) is 27.4. The van der Waals surface area contributed by atoms with E-state index in [2.05, 4.69) is 71.2 Å². The van der Waals surface area contributed by atoms with E-state index >= 15 is 0 Å². The summed E-state index contributed by atoms with van der Waals surface area (Å²) in [6.45, 7) is 9.95. The van der Waals surface area contributed by atoms with Gasteiger partial charge in [-0.3, -0.25) is 14.2 Å². The molecule has 370 valence electrons. The fourth-order valence-electron chi connectivity index (χ4n) is 8.21. The highest BCUT2D eigenvalue weighted by Crippen LogP contribution is 2.40. The Balaban J connectivity index is 1.02. The second kappa shape index (κ2) is 22.0. The molecule has 8 rings (SSSR count). The number of benzene rings is 4. The van der Waals surface area contributed by atoms with E-state index in [4.69, 9.17) is 31.0 Å². The van der Waals surface area contributed by atoms with Crippen molar-refractivity contribution in [1.29, 1.82) is 0 Å². The third-order valence-corrected chi connectivity index (χ3v) is 12.3. The van der Waals surface area contributed by atoms with Gasteiger partial charge in [-0.15, -0.1) is 0 Å². The van der Waals surface area contributed by atoms with Crippen molar-refractivity contribution in [1.82, 2.24) is 34.0 Å². The van der Waals surface area contributed by atoms with Crippen molar-refractivity contribution in [3.8, 4) is 23.1 Å². The lowest BCUT2D eigenvalue weighted by Gasteiger charge is -2.28. The summed E-state index contributed by atoms with van der Waals surface area (Å²) in [7, 11) is 13.1. The number of methoxy groups -OCH3 is 2. The van der Waals surface area contributed by atoms with Gasteiger partial charge in [0.05, 0.1) is 65.6 Å². The lowest BCUT2D eigenvalue weighted by atomic mass is 10.2. The molecule has 4 heterocycles. The summed E-state index contributed by atoms with van der Waals surface area (Å²) < 4.78 is 15.6. The van der Waals surface area contributed by atoms with Crippen molar-refractivity contribution in [2.75, 3.05) is 112 Å². The van der Waals surface area contributed by atoms with E-state index in [0.717, 1.165) is 45.4 Å². The van der Waals surface area contributed by atoms with Crippen LogP contribution >= 0.6 is 11.6 Å². The van der Waals surface area contributed by atoms with Crippen molar-refractivity contribution in [3.05, 3.63) is 140 Å². The minimum Gasteiger partial charge on any atom is -0.494 e. The average molecular weight is 990 g/mol. The Morgan fingerprint density at radius 1 is 0.639 bits per heavy atom. The predicted octanol–water partition coefficient (Wildman–Crippen LogP) is 9.13. The van der Waals surface area contributed by atoms with Gasteiger partial charge < -0.3 is 54.9 Å². The number of ether oxygens (including phenoxy) is 2. The van der Waals surface area contributed by atoms with Gasteiger partial charge in [0.2, 0.25) is 23.7 Å². The molecule has 0 fully saturated rings. The number of halogens is 1. The van der Waals surface area contributed by atoms with Crippen LogP contribution in [0, 0.1) is 0 Å². The van der Waals surface area contributed by atoms with E-state index in [1.165, 1.54) is 12.2 Å². The molecule has 2 amide bonds. The first-order valence-corrected chi connectivity index (χ1v) is 23.3. The van der Waals surface area contributed by atoms with E-state index in [9.17, 15) is 9.59 Å². The molecule has 0 saturated carbocycles. The number of para-hydroxylation sites is 1. The summed E-state index contributed by atoms with van der Waals surface area (Å²) in [5, 5.41) is 14.9. The van der Waals surface area contributed by atoms with Gasteiger partial charge in [-0.2, -0.15) is 9.97 Å². The van der Waals surface area contributed by atoms with Crippen molar-refractivity contribution in [2.45, 2.75) is 0 Å². The zero-order chi connectivity index (χ0) is 51.1. The zero-order valence-corrected chi connectivity index (χ0v) is 42.0. The highest BCUT2D eigenvalue weighted by molar-refractivity contribution is 6.32. The van der Waals surface area contributed by atoms with Gasteiger partial charge >= 0.3 is 0 Å². The molecule has 4 aromatic heterocycles. The number of rotatable bonds is 21. The van der Waals surface area contributed by atoms with Crippen LogP contribution in [0.4, 0.5) is 51.7 Å². The molecule has 19 heteroatoms.